The van der Waals surface area contributed by atoms with Crippen molar-refractivity contribution in [1.29, 1.82) is 0 Å². The van der Waals surface area contributed by atoms with E-state index < -0.39 is 9.84 Å². The van der Waals surface area contributed by atoms with E-state index in [1.54, 1.807) is 6.92 Å². The summed E-state index contributed by atoms with van der Waals surface area (Å²) < 4.78 is 22.5. The summed E-state index contributed by atoms with van der Waals surface area (Å²) in [4.78, 5) is 11.9. The van der Waals surface area contributed by atoms with Crippen LogP contribution in [0.15, 0.2) is 0 Å². The van der Waals surface area contributed by atoms with Gasteiger partial charge < -0.3 is 5.32 Å². The van der Waals surface area contributed by atoms with Gasteiger partial charge in [0.2, 0.25) is 0 Å². The summed E-state index contributed by atoms with van der Waals surface area (Å²) in [7, 11) is -2.97. The largest absolute Gasteiger partial charge is 0.347 e. The molecule has 2 N–H and O–H groups in total. The van der Waals surface area contributed by atoms with Crippen LogP contribution in [-0.2, 0) is 9.84 Å². The van der Waals surface area contributed by atoms with E-state index in [2.05, 4.69) is 15.5 Å². The molecule has 1 aliphatic rings. The van der Waals surface area contributed by atoms with Gasteiger partial charge in [0.25, 0.3) is 5.91 Å². The zero-order valence-corrected chi connectivity index (χ0v) is 10.6. The molecule has 17 heavy (non-hydrogen) atoms. The Morgan fingerprint density at radius 1 is 1.47 bits per heavy atom. The minimum absolute atomic E-state index is 0.0290. The minimum Gasteiger partial charge on any atom is -0.347 e. The first kappa shape index (κ1) is 12.1. The van der Waals surface area contributed by atoms with Gasteiger partial charge in [-0.2, -0.15) is 5.10 Å². The predicted molar refractivity (Wildman–Crippen MR) is 62.6 cm³/mol. The van der Waals surface area contributed by atoms with Crippen LogP contribution in [0.2, 0.25) is 0 Å². The highest BCUT2D eigenvalue weighted by atomic mass is 32.2. The Morgan fingerprint density at radius 2 is 2.18 bits per heavy atom. The van der Waals surface area contributed by atoms with Crippen LogP contribution in [0.3, 0.4) is 0 Å². The Balaban J connectivity index is 2.06. The van der Waals surface area contributed by atoms with Crippen LogP contribution in [-0.4, -0.2) is 42.1 Å². The van der Waals surface area contributed by atoms with Crippen LogP contribution >= 0.6 is 0 Å². The van der Waals surface area contributed by atoms with Crippen LogP contribution in [0, 0.1) is 13.8 Å². The van der Waals surface area contributed by atoms with Crippen LogP contribution < -0.4 is 5.32 Å². The molecule has 1 aliphatic heterocycles. The molecule has 0 radical (unpaired) electrons. The lowest BCUT2D eigenvalue weighted by Gasteiger charge is -2.09. The number of aryl methyl sites for hydroxylation is 1. The molecule has 2 rings (SSSR count). The Morgan fingerprint density at radius 3 is 2.65 bits per heavy atom. The number of nitrogens with zero attached hydrogens (tertiary/aromatic N) is 1. The fourth-order valence-electron chi connectivity index (χ4n) is 1.87. The standard InChI is InChI=1S/C10H15N3O3S/c1-6-7(2)12-13-9(6)10(14)11-8-3-4-17(15,16)5-8/h8H,3-5H2,1-2H3,(H,11,14)(H,12,13). The fourth-order valence-corrected chi connectivity index (χ4v) is 3.54. The molecule has 1 amide bonds. The number of hydrogen-bond donors (Lipinski definition) is 2. The van der Waals surface area contributed by atoms with Crippen molar-refractivity contribution in [2.24, 2.45) is 0 Å². The lowest BCUT2D eigenvalue weighted by Crippen LogP contribution is -2.36. The molecule has 0 aromatic carbocycles. The van der Waals surface area contributed by atoms with Crippen molar-refractivity contribution in [2.45, 2.75) is 26.3 Å². The number of aromatic nitrogens is 2. The van der Waals surface area contributed by atoms with Gasteiger partial charge >= 0.3 is 0 Å². The van der Waals surface area contributed by atoms with E-state index in [1.807, 2.05) is 6.92 Å². The van der Waals surface area contributed by atoms with Crippen molar-refractivity contribution < 1.29 is 13.2 Å². The van der Waals surface area contributed by atoms with Crippen molar-refractivity contribution in [3.05, 3.63) is 17.0 Å². The molecular formula is C10H15N3O3S. The second-order valence-electron chi connectivity index (χ2n) is 4.40. The summed E-state index contributed by atoms with van der Waals surface area (Å²) in [6.07, 6.45) is 0.483. The number of carbonyl (C=O) groups excluding carboxylic acids is 1. The maximum absolute atomic E-state index is 11.9. The number of nitrogens with one attached hydrogen (secondary N) is 2. The Labute approximate surface area is 99.7 Å². The molecule has 2 heterocycles. The maximum atomic E-state index is 11.9. The van der Waals surface area contributed by atoms with Gasteiger partial charge in [0.15, 0.2) is 15.5 Å². The summed E-state index contributed by atoms with van der Waals surface area (Å²) in [6, 6.07) is -0.288. The molecule has 0 spiro atoms. The number of H-pyrrole nitrogens is 1. The second-order valence-corrected chi connectivity index (χ2v) is 6.62. The summed E-state index contributed by atoms with van der Waals surface area (Å²) in [5.41, 5.74) is 1.98. The average molecular weight is 257 g/mol. The summed E-state index contributed by atoms with van der Waals surface area (Å²) in [5, 5.41) is 9.34. The van der Waals surface area contributed by atoms with E-state index in [0.717, 1.165) is 11.3 Å². The first-order valence-electron chi connectivity index (χ1n) is 5.42. The third-order valence-corrected chi connectivity index (χ3v) is 4.80. The zero-order chi connectivity index (χ0) is 12.6. The Hall–Kier alpha value is -1.37. The van der Waals surface area contributed by atoms with Crippen molar-refractivity contribution in [1.82, 2.24) is 15.5 Å². The molecule has 1 unspecified atom stereocenters. The smallest absolute Gasteiger partial charge is 0.272 e. The van der Waals surface area contributed by atoms with Crippen LogP contribution in [0.1, 0.15) is 28.2 Å². The van der Waals surface area contributed by atoms with Crippen LogP contribution in [0.5, 0.6) is 0 Å². The van der Waals surface area contributed by atoms with Gasteiger partial charge in [-0.1, -0.05) is 0 Å². The molecular weight excluding hydrogens is 242 g/mol. The van der Waals surface area contributed by atoms with E-state index in [4.69, 9.17) is 0 Å². The highest BCUT2D eigenvalue weighted by molar-refractivity contribution is 7.91. The number of aromatic amines is 1. The van der Waals surface area contributed by atoms with Crippen LogP contribution in [0.4, 0.5) is 0 Å². The predicted octanol–water partition coefficient (Wildman–Crippen LogP) is -0.0566. The minimum atomic E-state index is -2.97. The molecule has 0 bridgehead atoms. The molecule has 94 valence electrons. The molecule has 1 fully saturated rings. The zero-order valence-electron chi connectivity index (χ0n) is 9.78. The van der Waals surface area contributed by atoms with Crippen molar-refractivity contribution in [3.8, 4) is 0 Å². The molecule has 1 aromatic rings. The van der Waals surface area contributed by atoms with Gasteiger partial charge in [-0.25, -0.2) is 8.42 Å². The highest BCUT2D eigenvalue weighted by Gasteiger charge is 2.29. The van der Waals surface area contributed by atoms with E-state index in [9.17, 15) is 13.2 Å². The molecule has 6 nitrogen and oxygen atoms in total. The second kappa shape index (κ2) is 4.14. The van der Waals surface area contributed by atoms with Gasteiger partial charge in [-0.3, -0.25) is 9.89 Å². The Kier molecular flexibility index (Phi) is 2.94. The Bertz CT molecular complexity index is 547. The molecule has 0 aliphatic carbocycles. The van der Waals surface area contributed by atoms with Crippen molar-refractivity contribution >= 4 is 15.7 Å². The summed E-state index contributed by atoms with van der Waals surface area (Å²) in [6.45, 7) is 3.64. The highest BCUT2D eigenvalue weighted by Crippen LogP contribution is 2.13. The average Bonchev–Trinajstić information content (AvgIpc) is 2.72. The van der Waals surface area contributed by atoms with Crippen molar-refractivity contribution in [3.63, 3.8) is 0 Å². The van der Waals surface area contributed by atoms with E-state index >= 15 is 0 Å². The van der Waals surface area contributed by atoms with Crippen molar-refractivity contribution in [2.75, 3.05) is 11.5 Å². The van der Waals surface area contributed by atoms with Gasteiger partial charge in [0.1, 0.15) is 0 Å². The monoisotopic (exact) mass is 257 g/mol. The van der Waals surface area contributed by atoms with E-state index in [1.165, 1.54) is 0 Å². The number of hydrogen-bond acceptors (Lipinski definition) is 4. The normalized spacial score (nSPS) is 22.6. The summed E-state index contributed by atoms with van der Waals surface area (Å²) >= 11 is 0. The van der Waals surface area contributed by atoms with E-state index in [-0.39, 0.29) is 23.5 Å². The quantitative estimate of drug-likeness (QED) is 0.776. The summed E-state index contributed by atoms with van der Waals surface area (Å²) in [5.74, 6) is -0.133. The molecule has 1 saturated heterocycles. The third-order valence-electron chi connectivity index (χ3n) is 3.04. The number of carbonyl (C=O) groups is 1. The van der Waals surface area contributed by atoms with Gasteiger partial charge in [-0.15, -0.1) is 0 Å². The maximum Gasteiger partial charge on any atom is 0.272 e. The van der Waals surface area contributed by atoms with Gasteiger partial charge in [-0.05, 0) is 20.3 Å². The van der Waals surface area contributed by atoms with Gasteiger partial charge in [0.05, 0.1) is 11.5 Å². The molecule has 0 saturated carbocycles. The lowest BCUT2D eigenvalue weighted by molar-refractivity contribution is 0.0935. The van der Waals surface area contributed by atoms with E-state index in [0.29, 0.717) is 12.1 Å². The molecule has 7 heteroatoms. The fraction of sp³-hybridized carbons (Fsp3) is 0.600. The first-order chi connectivity index (χ1) is 7.89. The molecule has 1 atom stereocenters. The number of rotatable bonds is 2. The first-order valence-corrected chi connectivity index (χ1v) is 7.24. The number of amides is 1. The molecule has 1 aromatic heterocycles. The van der Waals surface area contributed by atoms with Crippen LogP contribution in [0.25, 0.3) is 0 Å². The third kappa shape index (κ3) is 2.49. The SMILES string of the molecule is Cc1[nH]nc(C(=O)NC2CCS(=O)(=O)C2)c1C. The number of sulfone groups is 1. The van der Waals surface area contributed by atoms with Gasteiger partial charge in [0, 0.05) is 17.3 Å². The lowest BCUT2D eigenvalue weighted by atomic mass is 10.2. The topological polar surface area (TPSA) is 91.9 Å².